The fraction of sp³-hybridized carbons (Fsp3) is 0.125. The normalized spacial score (nSPS) is 22.0. The molecule has 1 aliphatic carbocycles. The summed E-state index contributed by atoms with van der Waals surface area (Å²) in [5.41, 5.74) is 0.787. The highest BCUT2D eigenvalue weighted by molar-refractivity contribution is 7.92. The Bertz CT molecular complexity index is 743. The Morgan fingerprint density at radius 2 is 1.80 bits per heavy atom. The maximum atomic E-state index is 13.1. The van der Waals surface area contributed by atoms with Crippen molar-refractivity contribution in [3.05, 3.63) is 78.5 Å². The predicted molar refractivity (Wildman–Crippen MR) is 79.0 cm³/mol. The van der Waals surface area contributed by atoms with Crippen LogP contribution in [-0.2, 0) is 14.6 Å². The first-order valence-corrected chi connectivity index (χ1v) is 7.93. The standard InChI is InChI=1S/C16H15NO2S/c18-20(19,15-10-7-13-17-15)16(11-5-2-6-12-16)14-8-3-1-4-9-14/h1-11,13,17H,12H2. The van der Waals surface area contributed by atoms with Crippen molar-refractivity contribution >= 4 is 9.84 Å². The molecule has 0 radical (unpaired) electrons. The third-order valence-corrected chi connectivity index (χ3v) is 5.97. The van der Waals surface area contributed by atoms with Crippen LogP contribution in [0.2, 0.25) is 0 Å². The average molecular weight is 285 g/mol. The van der Waals surface area contributed by atoms with E-state index in [0.717, 1.165) is 5.56 Å². The summed E-state index contributed by atoms with van der Waals surface area (Å²) >= 11 is 0. The number of hydrogen-bond acceptors (Lipinski definition) is 2. The predicted octanol–water partition coefficient (Wildman–Crippen LogP) is 3.20. The van der Waals surface area contributed by atoms with Gasteiger partial charge in [-0.15, -0.1) is 0 Å². The van der Waals surface area contributed by atoms with Crippen molar-refractivity contribution in [1.82, 2.24) is 4.98 Å². The monoisotopic (exact) mass is 285 g/mol. The van der Waals surface area contributed by atoms with Crippen molar-refractivity contribution in [2.24, 2.45) is 0 Å². The quantitative estimate of drug-likeness (QED) is 0.941. The van der Waals surface area contributed by atoms with Gasteiger partial charge in [0.25, 0.3) is 0 Å². The first kappa shape index (κ1) is 12.9. The van der Waals surface area contributed by atoms with Gasteiger partial charge in [-0.25, -0.2) is 8.42 Å². The lowest BCUT2D eigenvalue weighted by molar-refractivity contribution is 0.554. The second-order valence-corrected chi connectivity index (χ2v) is 6.96. The fourth-order valence-corrected chi connectivity index (χ4v) is 4.46. The van der Waals surface area contributed by atoms with E-state index in [0.29, 0.717) is 6.42 Å². The first-order chi connectivity index (χ1) is 9.67. The van der Waals surface area contributed by atoms with Gasteiger partial charge in [-0.05, 0) is 24.1 Å². The van der Waals surface area contributed by atoms with Crippen molar-refractivity contribution in [3.8, 4) is 0 Å². The molecule has 0 spiro atoms. The number of H-pyrrole nitrogens is 1. The van der Waals surface area contributed by atoms with Crippen LogP contribution >= 0.6 is 0 Å². The first-order valence-electron chi connectivity index (χ1n) is 6.45. The number of allylic oxidation sites excluding steroid dienone is 3. The zero-order chi connectivity index (χ0) is 14.1. The molecule has 0 bridgehead atoms. The summed E-state index contributed by atoms with van der Waals surface area (Å²) in [6, 6.07) is 12.7. The molecule has 0 aliphatic heterocycles. The molecule has 1 heterocycles. The molecule has 0 fully saturated rings. The Balaban J connectivity index is 2.23. The topological polar surface area (TPSA) is 49.9 Å². The Hall–Kier alpha value is -2.07. The smallest absolute Gasteiger partial charge is 0.207 e. The van der Waals surface area contributed by atoms with E-state index in [-0.39, 0.29) is 5.03 Å². The maximum absolute atomic E-state index is 13.1. The van der Waals surface area contributed by atoms with Gasteiger partial charge >= 0.3 is 0 Å². The second kappa shape index (κ2) is 4.80. The number of hydrogen-bond donors (Lipinski definition) is 1. The number of sulfone groups is 1. The van der Waals surface area contributed by atoms with Gasteiger partial charge in [0.05, 0.1) is 0 Å². The minimum absolute atomic E-state index is 0.251. The molecule has 1 aromatic carbocycles. The van der Waals surface area contributed by atoms with Crippen LogP contribution in [0.4, 0.5) is 0 Å². The molecule has 0 saturated carbocycles. The molecule has 4 heteroatoms. The minimum atomic E-state index is -3.53. The van der Waals surface area contributed by atoms with Gasteiger partial charge in [0.15, 0.2) is 0 Å². The molecule has 1 unspecified atom stereocenters. The molecule has 1 atom stereocenters. The average Bonchev–Trinajstić information content (AvgIpc) is 3.04. The third-order valence-electron chi connectivity index (χ3n) is 3.63. The number of benzene rings is 1. The number of rotatable bonds is 3. The van der Waals surface area contributed by atoms with E-state index in [1.54, 1.807) is 30.5 Å². The summed E-state index contributed by atoms with van der Waals surface area (Å²) in [5, 5.41) is 0.251. The Kier molecular flexibility index (Phi) is 3.10. The van der Waals surface area contributed by atoms with Gasteiger partial charge in [0.2, 0.25) is 9.84 Å². The van der Waals surface area contributed by atoms with Crippen LogP contribution in [0.1, 0.15) is 12.0 Å². The van der Waals surface area contributed by atoms with E-state index in [1.807, 2.05) is 42.5 Å². The van der Waals surface area contributed by atoms with Crippen molar-refractivity contribution in [1.29, 1.82) is 0 Å². The highest BCUT2D eigenvalue weighted by Gasteiger charge is 2.44. The van der Waals surface area contributed by atoms with Gasteiger partial charge in [0.1, 0.15) is 9.77 Å². The zero-order valence-electron chi connectivity index (χ0n) is 10.9. The van der Waals surface area contributed by atoms with Crippen molar-refractivity contribution < 1.29 is 8.42 Å². The summed E-state index contributed by atoms with van der Waals surface area (Å²) in [4.78, 5) is 2.82. The maximum Gasteiger partial charge on any atom is 0.207 e. The van der Waals surface area contributed by atoms with Crippen LogP contribution in [-0.4, -0.2) is 13.4 Å². The van der Waals surface area contributed by atoms with Crippen molar-refractivity contribution in [2.75, 3.05) is 0 Å². The molecule has 1 N–H and O–H groups in total. The highest BCUT2D eigenvalue weighted by Crippen LogP contribution is 2.41. The molecule has 1 aliphatic rings. The van der Waals surface area contributed by atoms with E-state index in [1.165, 1.54) is 0 Å². The molecule has 0 saturated heterocycles. The van der Waals surface area contributed by atoms with Crippen LogP contribution < -0.4 is 0 Å². The lowest BCUT2D eigenvalue weighted by Crippen LogP contribution is -2.34. The van der Waals surface area contributed by atoms with E-state index >= 15 is 0 Å². The Morgan fingerprint density at radius 3 is 2.40 bits per heavy atom. The number of aromatic amines is 1. The second-order valence-electron chi connectivity index (χ2n) is 4.78. The van der Waals surface area contributed by atoms with Crippen LogP contribution in [0.15, 0.2) is 78.0 Å². The molecular formula is C16H15NO2S. The van der Waals surface area contributed by atoms with Gasteiger partial charge in [-0.1, -0.05) is 54.6 Å². The third kappa shape index (κ3) is 1.84. The lowest BCUT2D eigenvalue weighted by atomic mass is 9.91. The zero-order valence-corrected chi connectivity index (χ0v) is 11.7. The van der Waals surface area contributed by atoms with Gasteiger partial charge in [-0.3, -0.25) is 0 Å². The van der Waals surface area contributed by atoms with E-state index in [2.05, 4.69) is 4.98 Å². The van der Waals surface area contributed by atoms with Crippen LogP contribution in [0.3, 0.4) is 0 Å². The Labute approximate surface area is 118 Å². The molecular weight excluding hydrogens is 270 g/mol. The van der Waals surface area contributed by atoms with Crippen LogP contribution in [0, 0.1) is 0 Å². The summed E-state index contributed by atoms with van der Waals surface area (Å²) < 4.78 is 25.1. The molecule has 2 aromatic rings. The largest absolute Gasteiger partial charge is 0.352 e. The number of nitrogens with one attached hydrogen (secondary N) is 1. The number of aromatic nitrogens is 1. The summed E-state index contributed by atoms with van der Waals surface area (Å²) in [5.74, 6) is 0. The van der Waals surface area contributed by atoms with E-state index in [9.17, 15) is 8.42 Å². The fourth-order valence-electron chi connectivity index (χ4n) is 2.57. The molecule has 20 heavy (non-hydrogen) atoms. The highest BCUT2D eigenvalue weighted by atomic mass is 32.2. The summed E-state index contributed by atoms with van der Waals surface area (Å²) in [6.45, 7) is 0. The van der Waals surface area contributed by atoms with E-state index < -0.39 is 14.6 Å². The SMILES string of the molecule is O=S(=O)(c1ccc[nH]1)C1(c2ccccc2)C=CC=CC1. The van der Waals surface area contributed by atoms with Crippen molar-refractivity contribution in [2.45, 2.75) is 16.2 Å². The van der Waals surface area contributed by atoms with E-state index in [4.69, 9.17) is 0 Å². The summed E-state index contributed by atoms with van der Waals surface area (Å²) in [7, 11) is -3.53. The molecule has 0 amide bonds. The van der Waals surface area contributed by atoms with Crippen LogP contribution in [0.25, 0.3) is 0 Å². The minimum Gasteiger partial charge on any atom is -0.352 e. The molecule has 3 nitrogen and oxygen atoms in total. The lowest BCUT2D eigenvalue weighted by Gasteiger charge is -2.31. The van der Waals surface area contributed by atoms with Gasteiger partial charge < -0.3 is 4.98 Å². The molecule has 3 rings (SSSR count). The molecule has 102 valence electrons. The molecule has 1 aromatic heterocycles. The summed E-state index contributed by atoms with van der Waals surface area (Å²) in [6.07, 6.45) is 9.43. The van der Waals surface area contributed by atoms with Crippen molar-refractivity contribution in [3.63, 3.8) is 0 Å². The van der Waals surface area contributed by atoms with Crippen LogP contribution in [0.5, 0.6) is 0 Å². The van der Waals surface area contributed by atoms with Gasteiger partial charge in [-0.2, -0.15) is 0 Å². The van der Waals surface area contributed by atoms with Gasteiger partial charge in [0, 0.05) is 6.20 Å². The Morgan fingerprint density at radius 1 is 1.00 bits per heavy atom.